The van der Waals surface area contributed by atoms with Crippen molar-refractivity contribution in [1.29, 1.82) is 0 Å². The van der Waals surface area contributed by atoms with E-state index in [0.717, 1.165) is 40.9 Å². The number of para-hydroxylation sites is 1. The van der Waals surface area contributed by atoms with E-state index in [0.29, 0.717) is 38.8 Å². The zero-order valence-electron chi connectivity index (χ0n) is 26.0. The molecule has 0 saturated heterocycles. The molecule has 1 amide bonds. The first-order valence-corrected chi connectivity index (χ1v) is 16.6. The first-order chi connectivity index (χ1) is 21.7. The van der Waals surface area contributed by atoms with Gasteiger partial charge in [-0.2, -0.15) is 0 Å². The molecule has 0 saturated carbocycles. The normalized spacial score (nSPS) is 12.0. The second-order valence-electron chi connectivity index (χ2n) is 11.5. The summed E-state index contributed by atoms with van der Waals surface area (Å²) >= 11 is 7.47. The van der Waals surface area contributed by atoms with Gasteiger partial charge < -0.3 is 10.4 Å². The number of carbonyl (C=O) groups is 1. The Balaban J connectivity index is 1.71. The SMILES string of the molecule is CCc1cccc(CC)c1-n1c(CC(C)C)c(C(=O)NCC(O)c2ccccc2)cc(-c2nc(-c3ccc(Cl)cc3)cs2)c1=O. The Morgan fingerprint density at radius 3 is 2.27 bits per heavy atom. The molecule has 2 aromatic heterocycles. The van der Waals surface area contributed by atoms with Crippen LogP contribution in [0.15, 0.2) is 89.0 Å². The monoisotopic (exact) mass is 639 g/mol. The van der Waals surface area contributed by atoms with Crippen LogP contribution in [0.4, 0.5) is 0 Å². The summed E-state index contributed by atoms with van der Waals surface area (Å²) in [7, 11) is 0. The van der Waals surface area contributed by atoms with Gasteiger partial charge in [-0.05, 0) is 60.1 Å². The van der Waals surface area contributed by atoms with Crippen LogP contribution < -0.4 is 10.9 Å². The van der Waals surface area contributed by atoms with E-state index in [1.807, 2.05) is 78.2 Å². The molecule has 45 heavy (non-hydrogen) atoms. The van der Waals surface area contributed by atoms with Crippen LogP contribution >= 0.6 is 22.9 Å². The average Bonchev–Trinajstić information content (AvgIpc) is 3.54. The molecule has 6 nitrogen and oxygen atoms in total. The minimum absolute atomic E-state index is 0.0299. The van der Waals surface area contributed by atoms with Crippen molar-refractivity contribution in [2.45, 2.75) is 53.1 Å². The van der Waals surface area contributed by atoms with E-state index in [1.165, 1.54) is 11.3 Å². The van der Waals surface area contributed by atoms with Crippen LogP contribution in [0.5, 0.6) is 0 Å². The zero-order valence-corrected chi connectivity index (χ0v) is 27.6. The molecular weight excluding hydrogens is 602 g/mol. The van der Waals surface area contributed by atoms with E-state index in [1.54, 1.807) is 10.6 Å². The number of benzene rings is 3. The number of hydrogen-bond acceptors (Lipinski definition) is 5. The van der Waals surface area contributed by atoms with Crippen molar-refractivity contribution in [3.63, 3.8) is 0 Å². The van der Waals surface area contributed by atoms with Gasteiger partial charge in [-0.3, -0.25) is 14.2 Å². The Morgan fingerprint density at radius 2 is 1.64 bits per heavy atom. The van der Waals surface area contributed by atoms with Crippen molar-refractivity contribution in [1.82, 2.24) is 14.9 Å². The molecule has 8 heteroatoms. The summed E-state index contributed by atoms with van der Waals surface area (Å²) in [5.74, 6) is -0.185. The molecule has 1 atom stereocenters. The molecule has 2 N–H and O–H groups in total. The minimum atomic E-state index is -0.873. The lowest BCUT2D eigenvalue weighted by molar-refractivity contribution is 0.0914. The Kier molecular flexibility index (Phi) is 10.3. The molecular formula is C37H38ClN3O3S. The number of aromatic nitrogens is 2. The lowest BCUT2D eigenvalue weighted by Gasteiger charge is -2.24. The number of rotatable bonds is 11. The van der Waals surface area contributed by atoms with Crippen LogP contribution in [-0.4, -0.2) is 27.1 Å². The first kappa shape index (κ1) is 32.4. The Labute approximate surface area is 273 Å². The third kappa shape index (κ3) is 7.12. The Morgan fingerprint density at radius 1 is 0.978 bits per heavy atom. The van der Waals surface area contributed by atoms with Crippen LogP contribution in [0.2, 0.25) is 5.02 Å². The zero-order chi connectivity index (χ0) is 32.1. The van der Waals surface area contributed by atoms with Gasteiger partial charge in [-0.15, -0.1) is 11.3 Å². The molecule has 3 aromatic carbocycles. The Bertz CT molecular complexity index is 1820. The topological polar surface area (TPSA) is 84.2 Å². The van der Waals surface area contributed by atoms with E-state index in [4.69, 9.17) is 16.6 Å². The molecule has 5 rings (SSSR count). The number of aliphatic hydroxyl groups is 1. The lowest BCUT2D eigenvalue weighted by atomic mass is 9.97. The van der Waals surface area contributed by atoms with Crippen molar-refractivity contribution in [3.05, 3.63) is 128 Å². The number of nitrogens with zero attached hydrogens (tertiary/aromatic N) is 2. The van der Waals surface area contributed by atoms with Gasteiger partial charge in [-0.1, -0.05) is 100.0 Å². The second kappa shape index (κ2) is 14.4. The average molecular weight is 640 g/mol. The fraction of sp³-hybridized carbons (Fsp3) is 0.270. The Hall–Kier alpha value is -4.04. The molecule has 0 bridgehead atoms. The summed E-state index contributed by atoms with van der Waals surface area (Å²) in [4.78, 5) is 33.6. The van der Waals surface area contributed by atoms with Crippen LogP contribution in [0.1, 0.15) is 66.5 Å². The molecule has 0 radical (unpaired) electrons. The number of thiazole rings is 1. The predicted molar refractivity (Wildman–Crippen MR) is 185 cm³/mol. The van der Waals surface area contributed by atoms with Crippen molar-refractivity contribution >= 4 is 28.8 Å². The molecule has 0 aliphatic carbocycles. The molecule has 0 aliphatic rings. The van der Waals surface area contributed by atoms with Crippen molar-refractivity contribution in [2.24, 2.45) is 5.92 Å². The summed E-state index contributed by atoms with van der Waals surface area (Å²) in [6.45, 7) is 8.34. The highest BCUT2D eigenvalue weighted by atomic mass is 35.5. The van der Waals surface area contributed by atoms with Gasteiger partial charge in [0.1, 0.15) is 5.01 Å². The molecule has 0 aliphatic heterocycles. The quantitative estimate of drug-likeness (QED) is 0.153. The van der Waals surface area contributed by atoms with E-state index in [2.05, 4.69) is 33.0 Å². The fourth-order valence-electron chi connectivity index (χ4n) is 5.56. The maximum absolute atomic E-state index is 14.7. The van der Waals surface area contributed by atoms with Gasteiger partial charge in [0.15, 0.2) is 0 Å². The molecule has 2 heterocycles. The van der Waals surface area contributed by atoms with Crippen LogP contribution in [0, 0.1) is 5.92 Å². The van der Waals surface area contributed by atoms with Gasteiger partial charge in [0.25, 0.3) is 11.5 Å². The molecule has 0 fully saturated rings. The van der Waals surface area contributed by atoms with Crippen LogP contribution in [0.25, 0.3) is 27.5 Å². The maximum Gasteiger partial charge on any atom is 0.265 e. The van der Waals surface area contributed by atoms with E-state index in [9.17, 15) is 14.7 Å². The maximum atomic E-state index is 14.7. The number of halogens is 1. The highest BCUT2D eigenvalue weighted by Gasteiger charge is 2.26. The van der Waals surface area contributed by atoms with E-state index < -0.39 is 6.10 Å². The molecule has 0 spiro atoms. The van der Waals surface area contributed by atoms with Gasteiger partial charge in [0.05, 0.1) is 28.6 Å². The highest BCUT2D eigenvalue weighted by molar-refractivity contribution is 7.13. The van der Waals surface area contributed by atoms with Crippen molar-refractivity contribution < 1.29 is 9.90 Å². The molecule has 5 aromatic rings. The summed E-state index contributed by atoms with van der Waals surface area (Å²) in [6.07, 6.45) is 1.09. The number of hydrogen-bond donors (Lipinski definition) is 2. The highest BCUT2D eigenvalue weighted by Crippen LogP contribution is 2.32. The summed E-state index contributed by atoms with van der Waals surface area (Å²) in [5.41, 5.74) is 6.42. The number of nitrogens with one attached hydrogen (secondary N) is 1. The summed E-state index contributed by atoms with van der Waals surface area (Å²) < 4.78 is 1.76. The second-order valence-corrected chi connectivity index (χ2v) is 12.8. The van der Waals surface area contributed by atoms with Crippen molar-refractivity contribution in [2.75, 3.05) is 6.54 Å². The number of aryl methyl sites for hydroxylation is 2. The summed E-state index contributed by atoms with van der Waals surface area (Å²) in [6, 6.07) is 24.5. The third-order valence-corrected chi connectivity index (χ3v) is 8.98. The van der Waals surface area contributed by atoms with Crippen molar-refractivity contribution in [3.8, 4) is 27.5 Å². The number of carbonyl (C=O) groups excluding carboxylic acids is 1. The number of amides is 1. The first-order valence-electron chi connectivity index (χ1n) is 15.3. The standard InChI is InChI=1S/C37H38ClN3O3S/c1-5-24-13-10-14-25(6-2)34(24)41-32(19-23(3)4)29(35(43)39-21-33(42)27-11-8-7-9-12-27)20-30(37(41)44)36-40-31(22-45-36)26-15-17-28(38)18-16-26/h7-18,20,22-23,33,42H,5-6,19,21H2,1-4H3,(H,39,43). The van der Waals surface area contributed by atoms with Crippen LogP contribution in [-0.2, 0) is 19.3 Å². The fourth-order valence-corrected chi connectivity index (χ4v) is 6.52. The van der Waals surface area contributed by atoms with E-state index in [-0.39, 0.29) is 23.9 Å². The number of pyridine rings is 1. The lowest BCUT2D eigenvalue weighted by Crippen LogP contribution is -2.34. The van der Waals surface area contributed by atoms with Gasteiger partial charge in [-0.25, -0.2) is 4.98 Å². The van der Waals surface area contributed by atoms with E-state index >= 15 is 0 Å². The largest absolute Gasteiger partial charge is 0.387 e. The summed E-state index contributed by atoms with van der Waals surface area (Å²) in [5, 5.41) is 16.8. The van der Waals surface area contributed by atoms with Gasteiger partial charge in [0.2, 0.25) is 0 Å². The smallest absolute Gasteiger partial charge is 0.265 e. The molecule has 232 valence electrons. The third-order valence-electron chi connectivity index (χ3n) is 7.85. The predicted octanol–water partition coefficient (Wildman–Crippen LogP) is 8.07. The van der Waals surface area contributed by atoms with Gasteiger partial charge >= 0.3 is 0 Å². The van der Waals surface area contributed by atoms with Crippen LogP contribution in [0.3, 0.4) is 0 Å². The minimum Gasteiger partial charge on any atom is -0.387 e. The number of aliphatic hydroxyl groups excluding tert-OH is 1. The van der Waals surface area contributed by atoms with Gasteiger partial charge in [0, 0.05) is 28.2 Å². The molecule has 1 unspecified atom stereocenters.